The van der Waals surface area contributed by atoms with Crippen LogP contribution in [0.4, 0.5) is 0 Å². The molecular weight excluding hydrogens is 152 g/mol. The van der Waals surface area contributed by atoms with Crippen molar-refractivity contribution in [2.24, 2.45) is 10.9 Å². The van der Waals surface area contributed by atoms with Crippen LogP contribution in [0.25, 0.3) is 0 Å². The summed E-state index contributed by atoms with van der Waals surface area (Å²) in [7, 11) is 0. The highest BCUT2D eigenvalue weighted by atomic mass is 16.4. The monoisotopic (exact) mass is 161 g/mol. The minimum Gasteiger partial charge on any atom is -0.792 e. The molecular formula is C5H9N2O4-. The molecule has 0 amide bonds. The molecule has 0 saturated carbocycles. The summed E-state index contributed by atoms with van der Waals surface area (Å²) >= 11 is 0. The number of carboxylic acids is 1. The molecule has 0 spiro atoms. The van der Waals surface area contributed by atoms with E-state index in [-0.39, 0.29) is 13.0 Å². The predicted molar refractivity (Wildman–Crippen MR) is 38.1 cm³/mol. The third kappa shape index (κ3) is 3.54. The first-order valence-corrected chi connectivity index (χ1v) is 2.92. The lowest BCUT2D eigenvalue weighted by atomic mass is 10.2. The molecule has 0 fully saturated rings. The molecule has 0 unspecified atom stereocenters. The fourth-order valence-corrected chi connectivity index (χ4v) is 0.470. The average Bonchev–Trinajstić information content (AvgIpc) is 1.99. The van der Waals surface area contributed by atoms with Gasteiger partial charge < -0.3 is 26.3 Å². The maximum Gasteiger partial charge on any atom is 0.349 e. The largest absolute Gasteiger partial charge is 0.792 e. The van der Waals surface area contributed by atoms with Crippen LogP contribution >= 0.6 is 0 Å². The zero-order valence-electron chi connectivity index (χ0n) is 5.73. The summed E-state index contributed by atoms with van der Waals surface area (Å²) < 4.78 is 0. The van der Waals surface area contributed by atoms with E-state index in [0.29, 0.717) is 0 Å². The molecule has 0 aromatic rings. The number of aliphatic carboxylic acids is 1. The van der Waals surface area contributed by atoms with Crippen LogP contribution in [0.3, 0.4) is 0 Å². The second-order valence-corrected chi connectivity index (χ2v) is 1.94. The molecule has 0 aliphatic heterocycles. The molecule has 64 valence electrons. The Kier molecular flexibility index (Phi) is 4.16. The Balaban J connectivity index is 4.00. The number of nitrogens with zero attached hydrogens (tertiary/aromatic N) is 1. The molecule has 0 aliphatic carbocycles. The summed E-state index contributed by atoms with van der Waals surface area (Å²) in [6.45, 7) is -0.0910. The molecule has 0 saturated heterocycles. The van der Waals surface area contributed by atoms with Crippen LogP contribution in [0.1, 0.15) is 6.42 Å². The van der Waals surface area contributed by atoms with Crippen molar-refractivity contribution < 1.29 is 15.0 Å². The molecule has 0 aliphatic rings. The molecule has 0 bridgehead atoms. The summed E-state index contributed by atoms with van der Waals surface area (Å²) in [5.74, 6) is -1.42. The molecule has 6 nitrogen and oxygen atoms in total. The summed E-state index contributed by atoms with van der Waals surface area (Å²) in [4.78, 5) is 10.1. The van der Waals surface area contributed by atoms with Crippen LogP contribution < -0.4 is 5.73 Å². The van der Waals surface area contributed by atoms with Gasteiger partial charge in [0, 0.05) is 13.0 Å². The summed E-state index contributed by atoms with van der Waals surface area (Å²) in [5.41, 5.74) is 4.37. The molecule has 4 N–H and O–H groups in total. The molecule has 0 aromatic carbocycles. The highest BCUT2D eigenvalue weighted by molar-refractivity contribution is 6.35. The first-order valence-electron chi connectivity index (χ1n) is 2.92. The minimum atomic E-state index is -1.42. The van der Waals surface area contributed by atoms with Crippen molar-refractivity contribution >= 4 is 11.7 Å². The third-order valence-electron chi connectivity index (χ3n) is 1.06. The smallest absolute Gasteiger partial charge is 0.349 e. The topological polar surface area (TPSA) is 119 Å². The van der Waals surface area contributed by atoms with Gasteiger partial charge in [-0.3, -0.25) is 0 Å². The van der Waals surface area contributed by atoms with Crippen molar-refractivity contribution in [3.63, 3.8) is 0 Å². The fourth-order valence-electron chi connectivity index (χ4n) is 0.470. The van der Waals surface area contributed by atoms with Crippen LogP contribution in [-0.4, -0.2) is 34.5 Å². The van der Waals surface area contributed by atoms with Gasteiger partial charge in [0.1, 0.15) is 5.71 Å². The molecule has 11 heavy (non-hydrogen) atoms. The van der Waals surface area contributed by atoms with Gasteiger partial charge in [-0.25, -0.2) is 4.79 Å². The normalized spacial score (nSPS) is 14.5. The van der Waals surface area contributed by atoms with E-state index in [1.165, 1.54) is 0 Å². The second-order valence-electron chi connectivity index (χ2n) is 1.94. The first-order chi connectivity index (χ1) is 5.11. The Bertz CT molecular complexity index is 168. The number of carbonyl (C=O) groups is 1. The fraction of sp³-hybridized carbons (Fsp3) is 0.600. The van der Waals surface area contributed by atoms with E-state index in [1.54, 1.807) is 0 Å². The number of hydrogen-bond donors (Lipinski definition) is 3. The third-order valence-corrected chi connectivity index (χ3v) is 1.06. The van der Waals surface area contributed by atoms with Crippen molar-refractivity contribution in [1.29, 1.82) is 0 Å². The van der Waals surface area contributed by atoms with Gasteiger partial charge in [-0.05, 0) is 0 Å². The van der Waals surface area contributed by atoms with Gasteiger partial charge in [-0.1, -0.05) is 0 Å². The van der Waals surface area contributed by atoms with Gasteiger partial charge in [0.15, 0.2) is 0 Å². The summed E-state index contributed by atoms with van der Waals surface area (Å²) in [5, 5.41) is 29.0. The van der Waals surface area contributed by atoms with Gasteiger partial charge in [-0.15, -0.1) is 0 Å². The van der Waals surface area contributed by atoms with Gasteiger partial charge in [0.25, 0.3) is 0 Å². The Morgan fingerprint density at radius 2 is 2.27 bits per heavy atom. The number of carboxylic acid groups (broad SMARTS) is 1. The predicted octanol–water partition coefficient (Wildman–Crippen LogP) is -1.28. The van der Waals surface area contributed by atoms with E-state index in [9.17, 15) is 10.0 Å². The molecule has 0 heterocycles. The van der Waals surface area contributed by atoms with Crippen molar-refractivity contribution in [3.05, 3.63) is 5.21 Å². The van der Waals surface area contributed by atoms with Crippen molar-refractivity contribution in [3.8, 4) is 0 Å². The van der Waals surface area contributed by atoms with E-state index in [2.05, 4.69) is 5.16 Å². The van der Waals surface area contributed by atoms with Crippen LogP contribution in [0.5, 0.6) is 0 Å². The number of rotatable bonds is 4. The van der Waals surface area contributed by atoms with Crippen molar-refractivity contribution in [2.75, 3.05) is 6.54 Å². The van der Waals surface area contributed by atoms with E-state index in [0.717, 1.165) is 0 Å². The van der Waals surface area contributed by atoms with Gasteiger partial charge in [0.05, 0.1) is 6.10 Å². The van der Waals surface area contributed by atoms with Crippen molar-refractivity contribution in [2.45, 2.75) is 12.5 Å². The zero-order chi connectivity index (χ0) is 8.85. The number of aliphatic hydroxyl groups excluding tert-OH is 1. The molecule has 6 heteroatoms. The first kappa shape index (κ1) is 9.86. The Labute approximate surface area is 62.9 Å². The quantitative estimate of drug-likeness (QED) is 0.350. The molecule has 0 aromatic heterocycles. The van der Waals surface area contributed by atoms with Gasteiger partial charge in [0.2, 0.25) is 0 Å². The van der Waals surface area contributed by atoms with Gasteiger partial charge in [-0.2, -0.15) is 0 Å². The van der Waals surface area contributed by atoms with Crippen LogP contribution in [0.15, 0.2) is 5.16 Å². The van der Waals surface area contributed by atoms with E-state index in [4.69, 9.17) is 15.9 Å². The van der Waals surface area contributed by atoms with Crippen LogP contribution in [-0.2, 0) is 4.79 Å². The second kappa shape index (κ2) is 4.64. The lowest BCUT2D eigenvalue weighted by molar-refractivity contribution is -0.129. The minimum absolute atomic E-state index is 0.0910. The Morgan fingerprint density at radius 3 is 2.55 bits per heavy atom. The number of aliphatic hydroxyl groups is 1. The summed E-state index contributed by atoms with van der Waals surface area (Å²) in [6.07, 6.45) is -1.33. The maximum absolute atomic E-state index is 10.1. The van der Waals surface area contributed by atoms with Gasteiger partial charge >= 0.3 is 5.97 Å². The van der Waals surface area contributed by atoms with E-state index in [1.807, 2.05) is 0 Å². The summed E-state index contributed by atoms with van der Waals surface area (Å²) in [6, 6.07) is 0. The van der Waals surface area contributed by atoms with Crippen LogP contribution in [0.2, 0.25) is 0 Å². The number of nitrogens with two attached hydrogens (primary N) is 1. The SMILES string of the molecule is NC[C@H](O)C/C(=N\[O-])C(=O)O. The standard InChI is InChI=1S/C5H10N2O4/c6-2-3(8)1-4(7-11)5(9)10/h3,8,11H,1-2,6H2,(H,9,10)/p-1/b7-4+/t3-/m1/s1. The highest BCUT2D eigenvalue weighted by Gasteiger charge is 2.11. The van der Waals surface area contributed by atoms with Crippen molar-refractivity contribution in [1.82, 2.24) is 0 Å². The Morgan fingerprint density at radius 1 is 1.73 bits per heavy atom. The zero-order valence-corrected chi connectivity index (χ0v) is 5.73. The highest BCUT2D eigenvalue weighted by Crippen LogP contribution is 1.93. The molecule has 0 rings (SSSR count). The number of hydrogen-bond acceptors (Lipinski definition) is 5. The molecule has 0 radical (unpaired) electrons. The van der Waals surface area contributed by atoms with E-state index < -0.39 is 17.8 Å². The lowest BCUT2D eigenvalue weighted by Gasteiger charge is -2.07. The Hall–Kier alpha value is -1.14. The molecule has 1 atom stereocenters. The lowest BCUT2D eigenvalue weighted by Crippen LogP contribution is -2.26. The average molecular weight is 161 g/mol. The van der Waals surface area contributed by atoms with E-state index >= 15 is 0 Å². The van der Waals surface area contributed by atoms with Crippen LogP contribution in [0, 0.1) is 5.21 Å². The maximum atomic E-state index is 10.1.